The summed E-state index contributed by atoms with van der Waals surface area (Å²) < 4.78 is 0. The lowest BCUT2D eigenvalue weighted by atomic mass is 10.00. The first kappa shape index (κ1) is 17.8. The van der Waals surface area contributed by atoms with Gasteiger partial charge >= 0.3 is 0 Å². The minimum atomic E-state index is 0.0653. The zero-order valence-corrected chi connectivity index (χ0v) is 15.9. The van der Waals surface area contributed by atoms with Gasteiger partial charge in [0.05, 0.1) is 0 Å². The first-order valence-corrected chi connectivity index (χ1v) is 9.87. The van der Waals surface area contributed by atoms with Crippen LogP contribution in [-0.4, -0.2) is 60.0 Å². The lowest BCUT2D eigenvalue weighted by molar-refractivity contribution is 0.0677. The van der Waals surface area contributed by atoms with E-state index in [1.807, 2.05) is 35.4 Å². The van der Waals surface area contributed by atoms with Gasteiger partial charge in [0.25, 0.3) is 5.91 Å². The number of carbonyl (C=O) groups excluding carboxylic acids is 1. The van der Waals surface area contributed by atoms with Crippen LogP contribution < -0.4 is 9.80 Å². The number of aromatic nitrogens is 2. The average Bonchev–Trinajstić information content (AvgIpc) is 2.74. The number of rotatable bonds is 3. The molecule has 6 nitrogen and oxygen atoms in total. The predicted molar refractivity (Wildman–Crippen MR) is 107 cm³/mol. The maximum absolute atomic E-state index is 12.8. The number of likely N-dealkylation sites (tertiary alicyclic amines) is 1. The van der Waals surface area contributed by atoms with Crippen molar-refractivity contribution < 1.29 is 4.79 Å². The van der Waals surface area contributed by atoms with Crippen molar-refractivity contribution in [1.29, 1.82) is 0 Å². The highest BCUT2D eigenvalue weighted by atomic mass is 16.2. The van der Waals surface area contributed by atoms with Gasteiger partial charge in [0, 0.05) is 57.3 Å². The van der Waals surface area contributed by atoms with Crippen LogP contribution in [0.1, 0.15) is 30.3 Å². The standard InChI is InChI=1S/C21H27N5O/c1-17-5-4-10-26(16-17)21(27)19-15-18(7-9-22-19)24-11-13-25(14-12-24)20-6-2-3-8-23-20/h2-3,6-9,15,17H,4-5,10-14,16H2,1H3. The average molecular weight is 365 g/mol. The molecule has 2 aromatic heterocycles. The van der Waals surface area contributed by atoms with E-state index in [1.165, 1.54) is 6.42 Å². The Balaban J connectivity index is 1.42. The van der Waals surface area contributed by atoms with Crippen molar-refractivity contribution in [2.45, 2.75) is 19.8 Å². The molecule has 6 heteroatoms. The summed E-state index contributed by atoms with van der Waals surface area (Å²) in [6, 6.07) is 9.98. The van der Waals surface area contributed by atoms with Crippen molar-refractivity contribution in [3.05, 3.63) is 48.4 Å². The monoisotopic (exact) mass is 365 g/mol. The number of hydrogen-bond donors (Lipinski definition) is 0. The molecule has 0 spiro atoms. The number of piperidine rings is 1. The molecule has 2 aromatic rings. The number of carbonyl (C=O) groups is 1. The molecule has 0 bridgehead atoms. The van der Waals surface area contributed by atoms with Gasteiger partial charge < -0.3 is 14.7 Å². The van der Waals surface area contributed by atoms with E-state index in [2.05, 4.69) is 32.8 Å². The van der Waals surface area contributed by atoms with Crippen molar-refractivity contribution in [2.24, 2.45) is 5.92 Å². The highest BCUT2D eigenvalue weighted by Crippen LogP contribution is 2.22. The summed E-state index contributed by atoms with van der Waals surface area (Å²) in [7, 11) is 0. The molecule has 4 rings (SSSR count). The van der Waals surface area contributed by atoms with Crippen LogP contribution in [0.2, 0.25) is 0 Å². The normalized spacial score (nSPS) is 20.6. The van der Waals surface area contributed by atoms with Crippen molar-refractivity contribution in [1.82, 2.24) is 14.9 Å². The Morgan fingerprint density at radius 2 is 1.81 bits per heavy atom. The van der Waals surface area contributed by atoms with E-state index in [0.29, 0.717) is 11.6 Å². The third-order valence-corrected chi connectivity index (χ3v) is 5.52. The highest BCUT2D eigenvalue weighted by Gasteiger charge is 2.24. The fourth-order valence-electron chi connectivity index (χ4n) is 4.00. The van der Waals surface area contributed by atoms with Gasteiger partial charge in [0.15, 0.2) is 0 Å². The minimum Gasteiger partial charge on any atom is -0.368 e. The van der Waals surface area contributed by atoms with Crippen molar-refractivity contribution >= 4 is 17.4 Å². The molecule has 0 saturated carbocycles. The second kappa shape index (κ2) is 7.94. The molecule has 2 aliphatic heterocycles. The molecule has 1 atom stereocenters. The summed E-state index contributed by atoms with van der Waals surface area (Å²) in [5, 5.41) is 0. The molecule has 1 unspecified atom stereocenters. The molecular weight excluding hydrogens is 338 g/mol. The predicted octanol–water partition coefficient (Wildman–Crippen LogP) is 2.68. The van der Waals surface area contributed by atoms with Gasteiger partial charge in [0.2, 0.25) is 0 Å². The van der Waals surface area contributed by atoms with E-state index in [9.17, 15) is 4.79 Å². The van der Waals surface area contributed by atoms with Crippen LogP contribution in [-0.2, 0) is 0 Å². The molecule has 2 aliphatic rings. The molecule has 0 aliphatic carbocycles. The second-order valence-corrected chi connectivity index (χ2v) is 7.56. The fraction of sp³-hybridized carbons (Fsp3) is 0.476. The minimum absolute atomic E-state index is 0.0653. The quantitative estimate of drug-likeness (QED) is 0.837. The van der Waals surface area contributed by atoms with Crippen LogP contribution in [0.3, 0.4) is 0 Å². The van der Waals surface area contributed by atoms with Gasteiger partial charge in [-0.1, -0.05) is 13.0 Å². The van der Waals surface area contributed by atoms with E-state index in [0.717, 1.165) is 57.2 Å². The Morgan fingerprint density at radius 3 is 2.56 bits per heavy atom. The summed E-state index contributed by atoms with van der Waals surface area (Å²) >= 11 is 0. The van der Waals surface area contributed by atoms with Crippen molar-refractivity contribution in [2.75, 3.05) is 49.1 Å². The molecule has 2 saturated heterocycles. The zero-order chi connectivity index (χ0) is 18.6. The number of amides is 1. The topological polar surface area (TPSA) is 52.6 Å². The third-order valence-electron chi connectivity index (χ3n) is 5.52. The molecule has 27 heavy (non-hydrogen) atoms. The first-order chi connectivity index (χ1) is 13.2. The van der Waals surface area contributed by atoms with Crippen LogP contribution in [0.15, 0.2) is 42.7 Å². The molecule has 2 fully saturated rings. The van der Waals surface area contributed by atoms with Crippen LogP contribution in [0, 0.1) is 5.92 Å². The van der Waals surface area contributed by atoms with Crippen LogP contribution in [0.25, 0.3) is 0 Å². The lowest BCUT2D eigenvalue weighted by Gasteiger charge is -2.37. The third kappa shape index (κ3) is 4.04. The number of hydrogen-bond acceptors (Lipinski definition) is 5. The first-order valence-electron chi connectivity index (χ1n) is 9.87. The fourth-order valence-corrected chi connectivity index (χ4v) is 4.00. The Hall–Kier alpha value is -2.63. The Morgan fingerprint density at radius 1 is 1.00 bits per heavy atom. The molecule has 142 valence electrons. The molecule has 0 aromatic carbocycles. The van der Waals surface area contributed by atoms with E-state index < -0.39 is 0 Å². The van der Waals surface area contributed by atoms with Gasteiger partial charge in [-0.2, -0.15) is 0 Å². The number of piperazine rings is 1. The van der Waals surface area contributed by atoms with Crippen LogP contribution >= 0.6 is 0 Å². The summed E-state index contributed by atoms with van der Waals surface area (Å²) in [6.45, 7) is 7.57. The highest BCUT2D eigenvalue weighted by molar-refractivity contribution is 5.93. The second-order valence-electron chi connectivity index (χ2n) is 7.56. The maximum Gasteiger partial charge on any atom is 0.272 e. The molecular formula is C21H27N5O. The van der Waals surface area contributed by atoms with E-state index in [4.69, 9.17) is 0 Å². The summed E-state index contributed by atoms with van der Waals surface area (Å²) in [4.78, 5) is 28.2. The SMILES string of the molecule is CC1CCCN(C(=O)c2cc(N3CCN(c4ccccn4)CC3)ccn2)C1. The molecule has 0 N–H and O–H groups in total. The largest absolute Gasteiger partial charge is 0.368 e. The van der Waals surface area contributed by atoms with Gasteiger partial charge in [-0.25, -0.2) is 4.98 Å². The Labute approximate surface area is 160 Å². The summed E-state index contributed by atoms with van der Waals surface area (Å²) in [6.07, 6.45) is 5.89. The van der Waals surface area contributed by atoms with E-state index >= 15 is 0 Å². The van der Waals surface area contributed by atoms with Gasteiger partial charge in [-0.3, -0.25) is 9.78 Å². The Bertz CT molecular complexity index is 773. The zero-order valence-electron chi connectivity index (χ0n) is 15.9. The molecule has 4 heterocycles. The Kier molecular flexibility index (Phi) is 5.23. The number of anilines is 2. The van der Waals surface area contributed by atoms with Gasteiger partial charge in [0.1, 0.15) is 11.5 Å². The molecule has 0 radical (unpaired) electrons. The summed E-state index contributed by atoms with van der Waals surface area (Å²) in [5.74, 6) is 1.67. The smallest absolute Gasteiger partial charge is 0.272 e. The lowest BCUT2D eigenvalue weighted by Crippen LogP contribution is -2.47. The number of pyridine rings is 2. The van der Waals surface area contributed by atoms with Crippen molar-refractivity contribution in [3.63, 3.8) is 0 Å². The van der Waals surface area contributed by atoms with Crippen LogP contribution in [0.5, 0.6) is 0 Å². The van der Waals surface area contributed by atoms with Gasteiger partial charge in [-0.15, -0.1) is 0 Å². The maximum atomic E-state index is 12.8. The number of nitrogens with zero attached hydrogens (tertiary/aromatic N) is 5. The van der Waals surface area contributed by atoms with E-state index in [-0.39, 0.29) is 5.91 Å². The van der Waals surface area contributed by atoms with E-state index in [1.54, 1.807) is 6.20 Å². The van der Waals surface area contributed by atoms with Crippen LogP contribution in [0.4, 0.5) is 11.5 Å². The summed E-state index contributed by atoms with van der Waals surface area (Å²) in [5.41, 5.74) is 1.65. The van der Waals surface area contributed by atoms with Gasteiger partial charge in [-0.05, 0) is 43.0 Å². The van der Waals surface area contributed by atoms with Crippen molar-refractivity contribution in [3.8, 4) is 0 Å². The molecule has 1 amide bonds.